The van der Waals surface area contributed by atoms with Crippen LogP contribution in [-0.2, 0) is 9.53 Å². The molecule has 2 unspecified atom stereocenters. The summed E-state index contributed by atoms with van der Waals surface area (Å²) in [7, 11) is 0. The Morgan fingerprint density at radius 2 is 2.05 bits per heavy atom. The van der Waals surface area contributed by atoms with Crippen LogP contribution in [0.25, 0.3) is 0 Å². The van der Waals surface area contributed by atoms with Crippen molar-refractivity contribution in [3.8, 4) is 0 Å². The van der Waals surface area contributed by atoms with Gasteiger partial charge in [-0.15, -0.1) is 0 Å². The Bertz CT molecular complexity index is 473. The zero-order chi connectivity index (χ0) is 16.0. The van der Waals surface area contributed by atoms with E-state index in [-0.39, 0.29) is 23.5 Å². The van der Waals surface area contributed by atoms with E-state index in [1.54, 1.807) is 0 Å². The van der Waals surface area contributed by atoms with Gasteiger partial charge in [0, 0.05) is 23.8 Å². The molecule has 0 spiro atoms. The maximum atomic E-state index is 12.1. The molecule has 2 rings (SSSR count). The highest BCUT2D eigenvalue weighted by molar-refractivity contribution is 5.81. The molecular formula is C18H28N2O2. The van der Waals surface area contributed by atoms with Crippen molar-refractivity contribution in [3.63, 3.8) is 0 Å². The van der Waals surface area contributed by atoms with Crippen molar-refractivity contribution in [3.05, 3.63) is 30.3 Å². The maximum Gasteiger partial charge on any atom is 0.239 e. The van der Waals surface area contributed by atoms with Crippen molar-refractivity contribution >= 4 is 11.6 Å². The molecule has 1 fully saturated rings. The molecule has 0 saturated heterocycles. The van der Waals surface area contributed by atoms with Crippen molar-refractivity contribution in [2.24, 2.45) is 5.41 Å². The molecule has 1 saturated carbocycles. The van der Waals surface area contributed by atoms with Crippen LogP contribution in [0.5, 0.6) is 0 Å². The van der Waals surface area contributed by atoms with E-state index >= 15 is 0 Å². The topological polar surface area (TPSA) is 50.4 Å². The van der Waals surface area contributed by atoms with Gasteiger partial charge >= 0.3 is 0 Å². The molecule has 4 heteroatoms. The Labute approximate surface area is 133 Å². The number of hydrogen-bond acceptors (Lipinski definition) is 3. The van der Waals surface area contributed by atoms with E-state index in [0.717, 1.165) is 31.6 Å². The monoisotopic (exact) mass is 304 g/mol. The fraction of sp³-hybridized carbons (Fsp3) is 0.611. The van der Waals surface area contributed by atoms with Crippen molar-refractivity contribution in [1.29, 1.82) is 0 Å². The number of carbonyl (C=O) groups excluding carboxylic acids is 1. The lowest BCUT2D eigenvalue weighted by Gasteiger charge is -2.51. The second-order valence-corrected chi connectivity index (χ2v) is 6.61. The largest absolute Gasteiger partial charge is 0.378 e. The quantitative estimate of drug-likeness (QED) is 0.725. The first-order valence-corrected chi connectivity index (χ1v) is 8.24. The van der Waals surface area contributed by atoms with Gasteiger partial charge in [-0.2, -0.15) is 0 Å². The van der Waals surface area contributed by atoms with Crippen LogP contribution in [-0.4, -0.2) is 31.2 Å². The number of ether oxygens (including phenoxy) is 1. The molecule has 0 heterocycles. The predicted octanol–water partition coefficient (Wildman–Crippen LogP) is 3.20. The predicted molar refractivity (Wildman–Crippen MR) is 89.9 cm³/mol. The summed E-state index contributed by atoms with van der Waals surface area (Å²) in [5.74, 6) is 0.0361. The number of rotatable bonds is 8. The lowest BCUT2D eigenvalue weighted by molar-refractivity contribution is -0.136. The van der Waals surface area contributed by atoms with E-state index < -0.39 is 0 Å². The normalized spacial score (nSPS) is 22.7. The first-order chi connectivity index (χ1) is 10.5. The molecule has 1 aliphatic rings. The second kappa shape index (κ2) is 7.63. The summed E-state index contributed by atoms with van der Waals surface area (Å²) >= 11 is 0. The van der Waals surface area contributed by atoms with E-state index in [4.69, 9.17) is 4.74 Å². The van der Waals surface area contributed by atoms with E-state index in [0.29, 0.717) is 6.54 Å². The fourth-order valence-corrected chi connectivity index (χ4v) is 2.77. The average Bonchev–Trinajstić information content (AvgIpc) is 2.52. The fourth-order valence-electron chi connectivity index (χ4n) is 2.77. The number of anilines is 1. The van der Waals surface area contributed by atoms with Gasteiger partial charge in [-0.1, -0.05) is 45.4 Å². The Balaban J connectivity index is 1.71. The van der Waals surface area contributed by atoms with Gasteiger partial charge in [0.05, 0.1) is 12.6 Å². The van der Waals surface area contributed by atoms with Crippen molar-refractivity contribution in [2.45, 2.75) is 52.2 Å². The first-order valence-electron chi connectivity index (χ1n) is 8.24. The Morgan fingerprint density at radius 3 is 2.68 bits per heavy atom. The number of carbonyl (C=O) groups is 1. The molecule has 1 aromatic carbocycles. The van der Waals surface area contributed by atoms with Gasteiger partial charge in [0.15, 0.2) is 0 Å². The molecular weight excluding hydrogens is 276 g/mol. The van der Waals surface area contributed by atoms with Gasteiger partial charge in [0.2, 0.25) is 5.91 Å². The highest BCUT2D eigenvalue weighted by Crippen LogP contribution is 2.42. The van der Waals surface area contributed by atoms with Crippen LogP contribution >= 0.6 is 0 Å². The number of hydrogen-bond donors (Lipinski definition) is 2. The molecule has 1 aliphatic carbocycles. The SMILES string of the molecule is CCCCOC1CC(NC(=O)CNc2ccccc2)C1(C)C. The van der Waals surface area contributed by atoms with Crippen LogP contribution < -0.4 is 10.6 Å². The molecule has 2 atom stereocenters. The minimum Gasteiger partial charge on any atom is -0.378 e. The first kappa shape index (κ1) is 16.8. The molecule has 0 bridgehead atoms. The lowest BCUT2D eigenvalue weighted by atomic mass is 9.64. The van der Waals surface area contributed by atoms with E-state index in [1.165, 1.54) is 0 Å². The smallest absolute Gasteiger partial charge is 0.239 e. The highest BCUT2D eigenvalue weighted by Gasteiger charge is 2.49. The maximum absolute atomic E-state index is 12.1. The van der Waals surface area contributed by atoms with Crippen LogP contribution in [0.3, 0.4) is 0 Å². The molecule has 0 aromatic heterocycles. The van der Waals surface area contributed by atoms with Crippen LogP contribution in [0.1, 0.15) is 40.0 Å². The van der Waals surface area contributed by atoms with Gasteiger partial charge < -0.3 is 15.4 Å². The van der Waals surface area contributed by atoms with Gasteiger partial charge in [-0.05, 0) is 25.0 Å². The Morgan fingerprint density at radius 1 is 1.32 bits per heavy atom. The third-order valence-corrected chi connectivity index (χ3v) is 4.56. The van der Waals surface area contributed by atoms with Crippen LogP contribution in [0.15, 0.2) is 30.3 Å². The molecule has 1 amide bonds. The zero-order valence-electron chi connectivity index (χ0n) is 13.9. The number of amides is 1. The number of nitrogens with one attached hydrogen (secondary N) is 2. The molecule has 2 N–H and O–H groups in total. The van der Waals surface area contributed by atoms with Crippen LogP contribution in [0.2, 0.25) is 0 Å². The zero-order valence-corrected chi connectivity index (χ0v) is 13.9. The summed E-state index contributed by atoms with van der Waals surface area (Å²) in [5.41, 5.74) is 0.974. The summed E-state index contributed by atoms with van der Waals surface area (Å²) in [6.45, 7) is 7.63. The number of benzene rings is 1. The second-order valence-electron chi connectivity index (χ2n) is 6.61. The van der Waals surface area contributed by atoms with E-state index in [9.17, 15) is 4.79 Å². The van der Waals surface area contributed by atoms with Gasteiger partial charge in [0.1, 0.15) is 0 Å². The van der Waals surface area contributed by atoms with Crippen molar-refractivity contribution in [1.82, 2.24) is 5.32 Å². The van der Waals surface area contributed by atoms with Gasteiger partial charge in [0.25, 0.3) is 0 Å². The minimum atomic E-state index is 0.0101. The van der Waals surface area contributed by atoms with Crippen LogP contribution in [0, 0.1) is 5.41 Å². The lowest BCUT2D eigenvalue weighted by Crippen LogP contribution is -2.62. The number of para-hydroxylation sites is 1. The molecule has 0 radical (unpaired) electrons. The molecule has 22 heavy (non-hydrogen) atoms. The Kier molecular flexibility index (Phi) is 5.83. The third kappa shape index (κ3) is 4.23. The average molecular weight is 304 g/mol. The van der Waals surface area contributed by atoms with Gasteiger partial charge in [-0.25, -0.2) is 0 Å². The van der Waals surface area contributed by atoms with E-state index in [1.807, 2.05) is 30.3 Å². The molecule has 0 aliphatic heterocycles. The summed E-state index contributed by atoms with van der Waals surface area (Å²) in [5, 5.41) is 6.25. The third-order valence-electron chi connectivity index (χ3n) is 4.56. The van der Waals surface area contributed by atoms with Gasteiger partial charge in [-0.3, -0.25) is 4.79 Å². The van der Waals surface area contributed by atoms with Crippen molar-refractivity contribution in [2.75, 3.05) is 18.5 Å². The molecule has 4 nitrogen and oxygen atoms in total. The summed E-state index contributed by atoms with van der Waals surface area (Å²) in [6, 6.07) is 9.97. The summed E-state index contributed by atoms with van der Waals surface area (Å²) in [6.07, 6.45) is 3.42. The Hall–Kier alpha value is -1.55. The van der Waals surface area contributed by atoms with Crippen molar-refractivity contribution < 1.29 is 9.53 Å². The molecule has 1 aromatic rings. The minimum absolute atomic E-state index is 0.0101. The van der Waals surface area contributed by atoms with Crippen LogP contribution in [0.4, 0.5) is 5.69 Å². The standard InChI is InChI=1S/C18H28N2O2/c1-4-5-11-22-16-12-15(18(16,2)3)20-17(21)13-19-14-9-7-6-8-10-14/h6-10,15-16,19H,4-5,11-13H2,1-3H3,(H,20,21). The van der Waals surface area contributed by atoms with E-state index in [2.05, 4.69) is 31.4 Å². The summed E-state index contributed by atoms with van der Waals surface area (Å²) in [4.78, 5) is 12.1. The number of unbranched alkanes of at least 4 members (excludes halogenated alkanes) is 1. The molecule has 122 valence electrons. The highest BCUT2D eigenvalue weighted by atomic mass is 16.5. The summed E-state index contributed by atoms with van der Waals surface area (Å²) < 4.78 is 5.91.